The van der Waals surface area contributed by atoms with Gasteiger partial charge in [0.2, 0.25) is 0 Å². The van der Waals surface area contributed by atoms with Crippen molar-refractivity contribution in [2.45, 2.75) is 10.4 Å². The lowest BCUT2D eigenvalue weighted by atomic mass is 10.3. The van der Waals surface area contributed by atoms with Crippen molar-refractivity contribution >= 4 is 40.0 Å². The van der Waals surface area contributed by atoms with Gasteiger partial charge in [-0.25, -0.2) is 0 Å². The van der Waals surface area contributed by atoms with Gasteiger partial charge in [0.1, 0.15) is 0 Å². The standard InChI is InChI=1S/C7H6F3IN2S/c8-7(9,10)14-5-3-1-2-4(11)6(5)13-12/h1-3,13H,12H2. The summed E-state index contributed by atoms with van der Waals surface area (Å²) in [5.41, 5.74) is -1.74. The Morgan fingerprint density at radius 3 is 2.50 bits per heavy atom. The molecule has 1 rings (SSSR count). The van der Waals surface area contributed by atoms with Crippen molar-refractivity contribution in [1.82, 2.24) is 0 Å². The minimum Gasteiger partial charge on any atom is -0.322 e. The Labute approximate surface area is 96.5 Å². The third-order valence-corrected chi connectivity index (χ3v) is 3.04. The molecule has 0 aliphatic carbocycles. The highest BCUT2D eigenvalue weighted by Gasteiger charge is 2.30. The number of para-hydroxylation sites is 1. The third-order valence-electron chi connectivity index (χ3n) is 1.35. The van der Waals surface area contributed by atoms with Crippen molar-refractivity contribution < 1.29 is 13.2 Å². The molecule has 0 aromatic heterocycles. The summed E-state index contributed by atoms with van der Waals surface area (Å²) in [5.74, 6) is 5.13. The number of anilines is 1. The number of hydrogen-bond acceptors (Lipinski definition) is 3. The molecule has 0 saturated heterocycles. The summed E-state index contributed by atoms with van der Waals surface area (Å²) in [4.78, 5) is 0.0758. The molecule has 0 aliphatic rings. The number of hydrazine groups is 1. The topological polar surface area (TPSA) is 38.0 Å². The van der Waals surface area contributed by atoms with Crippen LogP contribution in [0.4, 0.5) is 18.9 Å². The average molecular weight is 334 g/mol. The molecule has 78 valence electrons. The molecule has 14 heavy (non-hydrogen) atoms. The van der Waals surface area contributed by atoms with Crippen LogP contribution in [0.1, 0.15) is 0 Å². The van der Waals surface area contributed by atoms with Crippen LogP contribution in [-0.4, -0.2) is 5.51 Å². The molecule has 0 heterocycles. The van der Waals surface area contributed by atoms with Gasteiger partial charge in [-0.1, -0.05) is 6.07 Å². The van der Waals surface area contributed by atoms with Crippen LogP contribution in [-0.2, 0) is 0 Å². The molecule has 0 fully saturated rings. The summed E-state index contributed by atoms with van der Waals surface area (Å²) in [7, 11) is 0. The quantitative estimate of drug-likeness (QED) is 0.378. The Morgan fingerprint density at radius 1 is 1.36 bits per heavy atom. The lowest BCUT2D eigenvalue weighted by molar-refractivity contribution is -0.0327. The molecule has 0 atom stereocenters. The van der Waals surface area contributed by atoms with E-state index in [4.69, 9.17) is 5.84 Å². The average Bonchev–Trinajstić information content (AvgIpc) is 2.01. The number of nitrogens with two attached hydrogens (primary N) is 1. The van der Waals surface area contributed by atoms with Crippen LogP contribution >= 0.6 is 34.4 Å². The molecular formula is C7H6F3IN2S. The largest absolute Gasteiger partial charge is 0.446 e. The van der Waals surface area contributed by atoms with Gasteiger partial charge in [0.15, 0.2) is 0 Å². The van der Waals surface area contributed by atoms with Crippen LogP contribution in [0.5, 0.6) is 0 Å². The maximum absolute atomic E-state index is 12.1. The van der Waals surface area contributed by atoms with Crippen LogP contribution in [0.25, 0.3) is 0 Å². The van der Waals surface area contributed by atoms with Gasteiger partial charge < -0.3 is 5.43 Å². The summed E-state index contributed by atoms with van der Waals surface area (Å²) in [5, 5.41) is 0. The highest BCUT2D eigenvalue weighted by molar-refractivity contribution is 14.1. The number of benzene rings is 1. The van der Waals surface area contributed by atoms with Crippen LogP contribution in [0.2, 0.25) is 0 Å². The predicted octanol–water partition coefficient (Wildman–Crippen LogP) is 3.19. The fourth-order valence-corrected chi connectivity index (χ4v) is 2.36. The molecular weight excluding hydrogens is 328 g/mol. The number of halogens is 4. The molecule has 1 aromatic carbocycles. The molecule has 0 radical (unpaired) electrons. The molecule has 2 nitrogen and oxygen atoms in total. The van der Waals surface area contributed by atoms with E-state index in [2.05, 4.69) is 5.43 Å². The first-order chi connectivity index (χ1) is 6.44. The first-order valence-corrected chi connectivity index (χ1v) is 5.34. The highest BCUT2D eigenvalue weighted by atomic mass is 127. The normalized spacial score (nSPS) is 11.5. The van der Waals surface area contributed by atoms with E-state index in [0.29, 0.717) is 9.26 Å². The summed E-state index contributed by atoms with van der Waals surface area (Å²) in [6.07, 6.45) is 0. The maximum atomic E-state index is 12.1. The second kappa shape index (κ2) is 4.58. The second-order valence-corrected chi connectivity index (χ2v) is 4.57. The Hall–Kier alpha value is -0.150. The highest BCUT2D eigenvalue weighted by Crippen LogP contribution is 2.41. The zero-order valence-electron chi connectivity index (χ0n) is 6.73. The van der Waals surface area contributed by atoms with Crippen LogP contribution in [0.3, 0.4) is 0 Å². The molecule has 0 aliphatic heterocycles. The molecule has 0 amide bonds. The van der Waals surface area contributed by atoms with Crippen molar-refractivity contribution in [1.29, 1.82) is 0 Å². The fraction of sp³-hybridized carbons (Fsp3) is 0.143. The fourth-order valence-electron chi connectivity index (χ4n) is 0.854. The van der Waals surface area contributed by atoms with E-state index >= 15 is 0 Å². The van der Waals surface area contributed by atoms with Gasteiger partial charge in [0.25, 0.3) is 0 Å². The lowest BCUT2D eigenvalue weighted by Gasteiger charge is -2.11. The first-order valence-electron chi connectivity index (χ1n) is 3.45. The predicted molar refractivity (Wildman–Crippen MR) is 58.9 cm³/mol. The molecule has 7 heteroatoms. The summed E-state index contributed by atoms with van der Waals surface area (Å²) >= 11 is 1.73. The van der Waals surface area contributed by atoms with Crippen molar-refractivity contribution in [2.75, 3.05) is 5.43 Å². The van der Waals surface area contributed by atoms with Gasteiger partial charge in [0, 0.05) is 8.47 Å². The Kier molecular flexibility index (Phi) is 3.90. The minimum atomic E-state index is -4.30. The SMILES string of the molecule is NNc1c(I)cccc1SC(F)(F)F. The van der Waals surface area contributed by atoms with Gasteiger partial charge in [-0.05, 0) is 46.5 Å². The van der Waals surface area contributed by atoms with Gasteiger partial charge >= 0.3 is 5.51 Å². The van der Waals surface area contributed by atoms with Crippen LogP contribution in [0.15, 0.2) is 23.1 Å². The summed E-state index contributed by atoms with van der Waals surface area (Å²) in [6.45, 7) is 0. The lowest BCUT2D eigenvalue weighted by Crippen LogP contribution is -2.10. The van der Waals surface area contributed by atoms with E-state index in [1.165, 1.54) is 6.07 Å². The molecule has 0 bridgehead atoms. The van der Waals surface area contributed by atoms with E-state index in [9.17, 15) is 13.2 Å². The third kappa shape index (κ3) is 3.21. The van der Waals surface area contributed by atoms with Crippen LogP contribution in [0, 0.1) is 3.57 Å². The van der Waals surface area contributed by atoms with Gasteiger partial charge in [-0.3, -0.25) is 5.84 Å². The summed E-state index contributed by atoms with van der Waals surface area (Å²) in [6, 6.07) is 4.60. The van der Waals surface area contributed by atoms with Crippen LogP contribution < -0.4 is 11.3 Å². The number of thioether (sulfide) groups is 1. The monoisotopic (exact) mass is 334 g/mol. The molecule has 3 N–H and O–H groups in total. The van der Waals surface area contributed by atoms with Crippen molar-refractivity contribution in [3.05, 3.63) is 21.8 Å². The Morgan fingerprint density at radius 2 is 2.00 bits per heavy atom. The van der Waals surface area contributed by atoms with Gasteiger partial charge in [0.05, 0.1) is 5.69 Å². The first kappa shape index (κ1) is 11.9. The van der Waals surface area contributed by atoms with Gasteiger partial charge in [-0.2, -0.15) is 13.2 Å². The molecule has 1 aromatic rings. The molecule has 0 saturated carbocycles. The smallest absolute Gasteiger partial charge is 0.322 e. The maximum Gasteiger partial charge on any atom is 0.446 e. The van der Waals surface area contributed by atoms with E-state index in [0.717, 1.165) is 0 Å². The van der Waals surface area contributed by atoms with Crippen molar-refractivity contribution in [3.63, 3.8) is 0 Å². The molecule has 0 unspecified atom stereocenters. The number of rotatable bonds is 2. The van der Waals surface area contributed by atoms with E-state index < -0.39 is 5.51 Å². The number of nitrogen functional groups attached to an aromatic ring is 1. The Bertz CT molecular complexity index is 329. The zero-order valence-corrected chi connectivity index (χ0v) is 9.70. The summed E-state index contributed by atoms with van der Waals surface area (Å²) < 4.78 is 36.9. The van der Waals surface area contributed by atoms with Crippen molar-refractivity contribution in [2.24, 2.45) is 5.84 Å². The van der Waals surface area contributed by atoms with Crippen molar-refractivity contribution in [3.8, 4) is 0 Å². The van der Waals surface area contributed by atoms with Gasteiger partial charge in [-0.15, -0.1) is 0 Å². The van der Waals surface area contributed by atoms with E-state index in [1.807, 2.05) is 22.6 Å². The van der Waals surface area contributed by atoms with E-state index in [-0.39, 0.29) is 16.7 Å². The number of alkyl halides is 3. The Balaban J connectivity index is 3.02. The number of hydrogen-bond donors (Lipinski definition) is 2. The van der Waals surface area contributed by atoms with E-state index in [1.54, 1.807) is 12.1 Å². The minimum absolute atomic E-state index is 0.0758. The molecule has 0 spiro atoms. The second-order valence-electron chi connectivity index (χ2n) is 2.31. The zero-order chi connectivity index (χ0) is 10.8. The number of nitrogens with one attached hydrogen (secondary N) is 1.